The molecule has 0 fully saturated rings. The number of rotatable bonds is 5. The van der Waals surface area contributed by atoms with E-state index in [-0.39, 0.29) is 0 Å². The summed E-state index contributed by atoms with van der Waals surface area (Å²) in [5.74, 6) is 0. The first kappa shape index (κ1) is 11.2. The molecule has 0 atom stereocenters. The third kappa shape index (κ3) is 2.10. The van der Waals surface area contributed by atoms with Gasteiger partial charge in [0.15, 0.2) is 0 Å². The second-order valence-electron chi connectivity index (χ2n) is 3.77. The topological polar surface area (TPSA) is 40.2 Å². The highest BCUT2D eigenvalue weighted by Gasteiger charge is 2.05. The number of nitrogens with zero attached hydrogens (tertiary/aromatic N) is 1. The number of hydrogen-bond donors (Lipinski definition) is 1. The summed E-state index contributed by atoms with van der Waals surface area (Å²) in [4.78, 5) is 0. The predicted octanol–water partition coefficient (Wildman–Crippen LogP) is 2.14. The van der Waals surface area contributed by atoms with Crippen molar-refractivity contribution in [2.75, 3.05) is 13.2 Å². The minimum Gasteiger partial charge on any atom is -0.380 e. The first-order valence-corrected chi connectivity index (χ1v) is 5.71. The Morgan fingerprint density at radius 2 is 2.12 bits per heavy atom. The standard InChI is InChI=1S/C13H18N2O/c1-2-16-8-7-15-10-11(9-14)12-5-3-4-6-13(12)15/h3-6,10H,2,7-9,14H2,1H3. The molecule has 1 aromatic carbocycles. The minimum absolute atomic E-state index is 0.585. The molecule has 16 heavy (non-hydrogen) atoms. The van der Waals surface area contributed by atoms with Crippen LogP contribution in [0.15, 0.2) is 30.5 Å². The molecule has 0 amide bonds. The van der Waals surface area contributed by atoms with E-state index in [0.717, 1.165) is 19.8 Å². The van der Waals surface area contributed by atoms with Gasteiger partial charge in [-0.05, 0) is 18.6 Å². The second-order valence-corrected chi connectivity index (χ2v) is 3.77. The monoisotopic (exact) mass is 218 g/mol. The summed E-state index contributed by atoms with van der Waals surface area (Å²) in [6.07, 6.45) is 2.13. The average molecular weight is 218 g/mol. The summed E-state index contributed by atoms with van der Waals surface area (Å²) in [5.41, 5.74) is 8.18. The Hall–Kier alpha value is -1.32. The maximum Gasteiger partial charge on any atom is 0.0645 e. The lowest BCUT2D eigenvalue weighted by molar-refractivity contribution is 0.140. The average Bonchev–Trinajstić information content (AvgIpc) is 2.68. The molecule has 0 unspecified atom stereocenters. The third-order valence-electron chi connectivity index (χ3n) is 2.77. The molecule has 0 aliphatic rings. The number of fused-ring (bicyclic) bond motifs is 1. The molecule has 0 radical (unpaired) electrons. The van der Waals surface area contributed by atoms with Crippen molar-refractivity contribution in [1.82, 2.24) is 4.57 Å². The van der Waals surface area contributed by atoms with Gasteiger partial charge >= 0.3 is 0 Å². The zero-order valence-electron chi connectivity index (χ0n) is 9.65. The lowest BCUT2D eigenvalue weighted by Crippen LogP contribution is -2.04. The van der Waals surface area contributed by atoms with Crippen molar-refractivity contribution in [1.29, 1.82) is 0 Å². The van der Waals surface area contributed by atoms with E-state index in [1.165, 1.54) is 16.5 Å². The van der Waals surface area contributed by atoms with Crippen molar-refractivity contribution < 1.29 is 4.74 Å². The molecular weight excluding hydrogens is 200 g/mol. The van der Waals surface area contributed by atoms with E-state index in [1.807, 2.05) is 13.0 Å². The summed E-state index contributed by atoms with van der Waals surface area (Å²) in [6.45, 7) is 5.00. The van der Waals surface area contributed by atoms with Crippen LogP contribution in [-0.4, -0.2) is 17.8 Å². The van der Waals surface area contributed by atoms with E-state index in [0.29, 0.717) is 6.54 Å². The molecule has 2 aromatic rings. The van der Waals surface area contributed by atoms with Gasteiger partial charge < -0.3 is 15.0 Å². The summed E-state index contributed by atoms with van der Waals surface area (Å²) >= 11 is 0. The van der Waals surface area contributed by atoms with Crippen LogP contribution < -0.4 is 5.73 Å². The van der Waals surface area contributed by atoms with Crippen LogP contribution in [0.5, 0.6) is 0 Å². The Labute approximate surface area is 95.8 Å². The largest absolute Gasteiger partial charge is 0.380 e. The van der Waals surface area contributed by atoms with E-state index in [2.05, 4.69) is 29.0 Å². The number of nitrogens with two attached hydrogens (primary N) is 1. The van der Waals surface area contributed by atoms with Crippen molar-refractivity contribution in [3.8, 4) is 0 Å². The smallest absolute Gasteiger partial charge is 0.0645 e. The Bertz CT molecular complexity index is 462. The molecule has 0 spiro atoms. The molecule has 2 rings (SSSR count). The van der Waals surface area contributed by atoms with E-state index in [4.69, 9.17) is 10.5 Å². The van der Waals surface area contributed by atoms with E-state index < -0.39 is 0 Å². The van der Waals surface area contributed by atoms with Gasteiger partial charge in [0, 0.05) is 36.8 Å². The summed E-state index contributed by atoms with van der Waals surface area (Å²) < 4.78 is 7.59. The van der Waals surface area contributed by atoms with Gasteiger partial charge in [0.1, 0.15) is 0 Å². The Kier molecular flexibility index (Phi) is 3.59. The third-order valence-corrected chi connectivity index (χ3v) is 2.77. The molecule has 3 nitrogen and oxygen atoms in total. The zero-order chi connectivity index (χ0) is 11.4. The molecule has 86 valence electrons. The maximum atomic E-state index is 5.74. The molecule has 1 heterocycles. The summed E-state index contributed by atoms with van der Waals surface area (Å²) in [6, 6.07) is 8.35. The molecule has 0 saturated carbocycles. The normalized spacial score (nSPS) is 11.1. The number of hydrogen-bond acceptors (Lipinski definition) is 2. The molecular formula is C13H18N2O. The van der Waals surface area contributed by atoms with Crippen molar-refractivity contribution in [3.63, 3.8) is 0 Å². The molecule has 2 N–H and O–H groups in total. The van der Waals surface area contributed by atoms with E-state index >= 15 is 0 Å². The van der Waals surface area contributed by atoms with Crippen LogP contribution in [0.3, 0.4) is 0 Å². The second kappa shape index (κ2) is 5.14. The van der Waals surface area contributed by atoms with Crippen molar-refractivity contribution >= 4 is 10.9 Å². The van der Waals surface area contributed by atoms with Gasteiger partial charge in [0.05, 0.1) is 6.61 Å². The SMILES string of the molecule is CCOCCn1cc(CN)c2ccccc21. The first-order valence-electron chi connectivity index (χ1n) is 5.71. The number of para-hydroxylation sites is 1. The lowest BCUT2D eigenvalue weighted by Gasteiger charge is -2.04. The maximum absolute atomic E-state index is 5.74. The van der Waals surface area contributed by atoms with Crippen LogP contribution >= 0.6 is 0 Å². The molecule has 3 heteroatoms. The van der Waals surface area contributed by atoms with Crippen molar-refractivity contribution in [3.05, 3.63) is 36.0 Å². The number of benzene rings is 1. The van der Waals surface area contributed by atoms with Gasteiger partial charge in [-0.15, -0.1) is 0 Å². The lowest BCUT2D eigenvalue weighted by atomic mass is 10.2. The Morgan fingerprint density at radius 1 is 1.31 bits per heavy atom. The molecule has 0 bridgehead atoms. The van der Waals surface area contributed by atoms with Gasteiger partial charge in [0.25, 0.3) is 0 Å². The minimum atomic E-state index is 0.585. The van der Waals surface area contributed by atoms with Crippen LogP contribution in [0.1, 0.15) is 12.5 Å². The molecule has 0 aliphatic heterocycles. The Morgan fingerprint density at radius 3 is 2.88 bits per heavy atom. The van der Waals surface area contributed by atoms with Crippen LogP contribution in [0.25, 0.3) is 10.9 Å². The van der Waals surface area contributed by atoms with Gasteiger partial charge in [-0.1, -0.05) is 18.2 Å². The number of aromatic nitrogens is 1. The van der Waals surface area contributed by atoms with Gasteiger partial charge in [-0.25, -0.2) is 0 Å². The van der Waals surface area contributed by atoms with Gasteiger partial charge in [-0.2, -0.15) is 0 Å². The predicted molar refractivity (Wildman–Crippen MR) is 66.3 cm³/mol. The van der Waals surface area contributed by atoms with E-state index in [1.54, 1.807) is 0 Å². The van der Waals surface area contributed by atoms with Crippen LogP contribution in [-0.2, 0) is 17.8 Å². The van der Waals surface area contributed by atoms with E-state index in [9.17, 15) is 0 Å². The van der Waals surface area contributed by atoms with Gasteiger partial charge in [0.2, 0.25) is 0 Å². The molecule has 0 aliphatic carbocycles. The summed E-state index contributed by atoms with van der Waals surface area (Å²) in [5, 5.41) is 1.25. The fraction of sp³-hybridized carbons (Fsp3) is 0.385. The highest BCUT2D eigenvalue weighted by molar-refractivity contribution is 5.83. The van der Waals surface area contributed by atoms with Crippen molar-refractivity contribution in [2.24, 2.45) is 5.73 Å². The van der Waals surface area contributed by atoms with Crippen LogP contribution in [0.2, 0.25) is 0 Å². The highest BCUT2D eigenvalue weighted by atomic mass is 16.5. The zero-order valence-corrected chi connectivity index (χ0v) is 9.65. The molecule has 0 saturated heterocycles. The van der Waals surface area contributed by atoms with Crippen LogP contribution in [0.4, 0.5) is 0 Å². The van der Waals surface area contributed by atoms with Crippen molar-refractivity contribution in [2.45, 2.75) is 20.0 Å². The quantitative estimate of drug-likeness (QED) is 0.781. The first-order chi connectivity index (χ1) is 7.86. The highest BCUT2D eigenvalue weighted by Crippen LogP contribution is 2.20. The number of ether oxygens (including phenoxy) is 1. The fourth-order valence-electron chi connectivity index (χ4n) is 1.98. The van der Waals surface area contributed by atoms with Crippen LogP contribution in [0, 0.1) is 0 Å². The van der Waals surface area contributed by atoms with Gasteiger partial charge in [-0.3, -0.25) is 0 Å². The molecule has 1 aromatic heterocycles. The fourth-order valence-corrected chi connectivity index (χ4v) is 1.98. The Balaban J connectivity index is 2.30. The summed E-state index contributed by atoms with van der Waals surface area (Å²) in [7, 11) is 0.